The van der Waals surface area contributed by atoms with Gasteiger partial charge in [0.1, 0.15) is 16.7 Å². The van der Waals surface area contributed by atoms with Gasteiger partial charge in [-0.1, -0.05) is 109 Å². The van der Waals surface area contributed by atoms with Crippen molar-refractivity contribution < 1.29 is 8.83 Å². The zero-order valence-electron chi connectivity index (χ0n) is 31.8. The summed E-state index contributed by atoms with van der Waals surface area (Å²) in [6.45, 7) is 0. The SMILES string of the molecule is c1ccc(-c2nc(-c3ccc4oc5ccccc5c4c3)nc(-n3c4ccccc4c4ccc5c6ccccc6n(-c6ccc(-c7nc8ccccc8o7)cc6)c5c43)n2)cc1. The molecular formula is C52H30N6O2. The second-order valence-electron chi connectivity index (χ2n) is 15.1. The van der Waals surface area contributed by atoms with Crippen molar-refractivity contribution in [3.8, 4) is 45.9 Å². The molecule has 5 heterocycles. The highest BCUT2D eigenvalue weighted by Gasteiger charge is 2.24. The van der Waals surface area contributed by atoms with Crippen molar-refractivity contribution >= 4 is 76.6 Å². The van der Waals surface area contributed by atoms with E-state index >= 15 is 0 Å². The van der Waals surface area contributed by atoms with Crippen LogP contribution in [0.15, 0.2) is 191 Å². The molecule has 0 amide bonds. The van der Waals surface area contributed by atoms with Gasteiger partial charge in [0.05, 0.1) is 22.1 Å². The number of oxazole rings is 1. The number of rotatable bonds is 5. The van der Waals surface area contributed by atoms with Crippen LogP contribution in [0.3, 0.4) is 0 Å². The summed E-state index contributed by atoms with van der Waals surface area (Å²) in [5, 5.41) is 6.53. The maximum Gasteiger partial charge on any atom is 0.238 e. The maximum atomic E-state index is 6.20. The third kappa shape index (κ3) is 4.85. The predicted octanol–water partition coefficient (Wildman–Crippen LogP) is 13.1. The van der Waals surface area contributed by atoms with Gasteiger partial charge in [-0.15, -0.1) is 0 Å². The fraction of sp³-hybridized carbons (Fsp3) is 0. The van der Waals surface area contributed by atoms with E-state index in [0.29, 0.717) is 23.5 Å². The Labute approximate surface area is 341 Å². The van der Waals surface area contributed by atoms with Crippen molar-refractivity contribution in [2.75, 3.05) is 0 Å². The molecule has 0 saturated heterocycles. The Morgan fingerprint density at radius 3 is 1.68 bits per heavy atom. The summed E-state index contributed by atoms with van der Waals surface area (Å²) in [7, 11) is 0. The van der Waals surface area contributed by atoms with Crippen molar-refractivity contribution in [2.45, 2.75) is 0 Å². The van der Waals surface area contributed by atoms with Crippen LogP contribution in [0, 0.1) is 0 Å². The number of hydrogen-bond acceptors (Lipinski definition) is 6. The summed E-state index contributed by atoms with van der Waals surface area (Å²) in [6, 6.07) is 62.3. The van der Waals surface area contributed by atoms with E-state index in [1.165, 1.54) is 0 Å². The van der Waals surface area contributed by atoms with Gasteiger partial charge >= 0.3 is 0 Å². The number of furan rings is 1. The molecule has 0 fully saturated rings. The number of hydrogen-bond donors (Lipinski definition) is 0. The molecule has 280 valence electrons. The summed E-state index contributed by atoms with van der Waals surface area (Å²) in [6.07, 6.45) is 0. The normalized spacial score (nSPS) is 12.0. The van der Waals surface area contributed by atoms with Crippen LogP contribution in [0.4, 0.5) is 0 Å². The molecular weight excluding hydrogens is 741 g/mol. The van der Waals surface area contributed by atoms with Crippen molar-refractivity contribution in [3.63, 3.8) is 0 Å². The van der Waals surface area contributed by atoms with E-state index in [-0.39, 0.29) is 0 Å². The minimum Gasteiger partial charge on any atom is -0.456 e. The summed E-state index contributed by atoms with van der Waals surface area (Å²) in [5.74, 6) is 2.27. The standard InChI is InChI=1S/C52H30N6O2/c1-2-12-31(13-3-1)49-54-50(33-24-29-45-40(30-33)37-16-6-10-20-44(37)59-45)56-52(55-49)58-43-19-9-5-15-36(43)39-28-27-38-35-14-4-8-18-42(35)57(47(38)48(39)58)34-25-22-32(23-26-34)51-53-41-17-7-11-21-46(41)60-51/h1-30H. The first-order valence-electron chi connectivity index (χ1n) is 19.9. The lowest BCUT2D eigenvalue weighted by atomic mass is 10.1. The fourth-order valence-corrected chi connectivity index (χ4v) is 8.90. The van der Waals surface area contributed by atoms with Gasteiger partial charge in [0.15, 0.2) is 17.2 Å². The molecule has 13 aromatic rings. The number of para-hydroxylation sites is 5. The smallest absolute Gasteiger partial charge is 0.238 e. The van der Waals surface area contributed by atoms with Crippen molar-refractivity contribution in [2.24, 2.45) is 0 Å². The number of nitrogens with zero attached hydrogens (tertiary/aromatic N) is 6. The average Bonchev–Trinajstić information content (AvgIpc) is 4.08. The molecule has 0 radical (unpaired) electrons. The molecule has 60 heavy (non-hydrogen) atoms. The zero-order chi connectivity index (χ0) is 39.3. The molecule has 5 aromatic heterocycles. The molecule has 0 saturated carbocycles. The topological polar surface area (TPSA) is 87.7 Å². The second kappa shape index (κ2) is 12.6. The Hall–Kier alpha value is -8.36. The second-order valence-corrected chi connectivity index (χ2v) is 15.1. The minimum absolute atomic E-state index is 0.526. The van der Waals surface area contributed by atoms with Crippen LogP contribution < -0.4 is 0 Å². The van der Waals surface area contributed by atoms with Gasteiger partial charge in [0.2, 0.25) is 11.8 Å². The Morgan fingerprint density at radius 2 is 0.933 bits per heavy atom. The number of benzene rings is 8. The fourth-order valence-electron chi connectivity index (χ4n) is 8.90. The van der Waals surface area contributed by atoms with Gasteiger partial charge in [0.25, 0.3) is 0 Å². The summed E-state index contributed by atoms with van der Waals surface area (Å²) in [4.78, 5) is 20.6. The molecule has 0 N–H and O–H groups in total. The number of fused-ring (bicyclic) bond motifs is 11. The molecule has 0 atom stereocenters. The van der Waals surface area contributed by atoms with E-state index < -0.39 is 0 Å². The lowest BCUT2D eigenvalue weighted by Crippen LogP contribution is -2.07. The highest BCUT2D eigenvalue weighted by atomic mass is 16.3. The monoisotopic (exact) mass is 770 g/mol. The molecule has 0 aliphatic heterocycles. The molecule has 8 aromatic carbocycles. The lowest BCUT2D eigenvalue weighted by Gasteiger charge is -2.13. The first-order valence-corrected chi connectivity index (χ1v) is 19.9. The van der Waals surface area contributed by atoms with Crippen LogP contribution in [-0.2, 0) is 0 Å². The third-order valence-electron chi connectivity index (χ3n) is 11.6. The van der Waals surface area contributed by atoms with Crippen molar-refractivity contribution in [3.05, 3.63) is 182 Å². The quantitative estimate of drug-likeness (QED) is 0.173. The molecule has 13 rings (SSSR count). The van der Waals surface area contributed by atoms with E-state index in [4.69, 9.17) is 28.8 Å². The first kappa shape index (κ1) is 32.7. The van der Waals surface area contributed by atoms with Gasteiger partial charge in [-0.25, -0.2) is 9.97 Å². The Kier molecular flexibility index (Phi) is 6.85. The molecule has 0 spiro atoms. The molecule has 8 nitrogen and oxygen atoms in total. The zero-order valence-corrected chi connectivity index (χ0v) is 31.8. The minimum atomic E-state index is 0.526. The largest absolute Gasteiger partial charge is 0.456 e. The van der Waals surface area contributed by atoms with Gasteiger partial charge < -0.3 is 13.4 Å². The predicted molar refractivity (Wildman–Crippen MR) is 240 cm³/mol. The Bertz CT molecular complexity index is 3800. The van der Waals surface area contributed by atoms with E-state index in [0.717, 1.165) is 99.0 Å². The summed E-state index contributed by atoms with van der Waals surface area (Å²) in [5.41, 5.74) is 11.1. The van der Waals surface area contributed by atoms with Crippen LogP contribution in [0.25, 0.3) is 123 Å². The molecule has 0 bridgehead atoms. The Morgan fingerprint density at radius 1 is 0.350 bits per heavy atom. The third-order valence-corrected chi connectivity index (χ3v) is 11.6. The maximum absolute atomic E-state index is 6.20. The van der Waals surface area contributed by atoms with Crippen molar-refractivity contribution in [1.82, 2.24) is 29.1 Å². The molecule has 0 aliphatic carbocycles. The molecule has 0 aliphatic rings. The average molecular weight is 771 g/mol. The van der Waals surface area contributed by atoms with Gasteiger partial charge in [-0.3, -0.25) is 4.57 Å². The number of aromatic nitrogens is 6. The van der Waals surface area contributed by atoms with Gasteiger partial charge in [-0.05, 0) is 72.8 Å². The van der Waals surface area contributed by atoms with E-state index in [1.807, 2.05) is 84.9 Å². The first-order chi connectivity index (χ1) is 29.7. The highest BCUT2D eigenvalue weighted by Crippen LogP contribution is 2.42. The van der Waals surface area contributed by atoms with Gasteiger partial charge in [0, 0.05) is 54.7 Å². The van der Waals surface area contributed by atoms with Crippen LogP contribution in [0.2, 0.25) is 0 Å². The molecule has 8 heteroatoms. The summed E-state index contributed by atoms with van der Waals surface area (Å²) < 4.78 is 16.9. The van der Waals surface area contributed by atoms with Gasteiger partial charge in [-0.2, -0.15) is 9.97 Å². The molecule has 0 unspecified atom stereocenters. The summed E-state index contributed by atoms with van der Waals surface area (Å²) >= 11 is 0. The van der Waals surface area contributed by atoms with Crippen molar-refractivity contribution in [1.29, 1.82) is 0 Å². The van der Waals surface area contributed by atoms with Crippen LogP contribution in [0.5, 0.6) is 0 Å². The van der Waals surface area contributed by atoms with Crippen LogP contribution in [0.1, 0.15) is 0 Å². The van der Waals surface area contributed by atoms with Crippen LogP contribution >= 0.6 is 0 Å². The highest BCUT2D eigenvalue weighted by molar-refractivity contribution is 6.23. The van der Waals surface area contributed by atoms with E-state index in [1.54, 1.807) is 0 Å². The van der Waals surface area contributed by atoms with E-state index in [2.05, 4.69) is 106 Å². The lowest BCUT2D eigenvalue weighted by molar-refractivity contribution is 0.620. The Balaban J connectivity index is 1.09. The van der Waals surface area contributed by atoms with Crippen LogP contribution in [-0.4, -0.2) is 29.1 Å². The van der Waals surface area contributed by atoms with E-state index in [9.17, 15) is 0 Å².